The smallest absolute Gasteiger partial charge is 0.251 e. The number of hydrogen-bond acceptors (Lipinski definition) is 4. The first-order chi connectivity index (χ1) is 11.5. The Balaban J connectivity index is 1.83. The van der Waals surface area contributed by atoms with E-state index in [1.165, 1.54) is 0 Å². The van der Waals surface area contributed by atoms with Crippen molar-refractivity contribution in [3.63, 3.8) is 0 Å². The Kier molecular flexibility index (Phi) is 4.66. The van der Waals surface area contributed by atoms with Crippen LogP contribution in [0.2, 0.25) is 0 Å². The summed E-state index contributed by atoms with van der Waals surface area (Å²) in [4.78, 5) is 16.8. The molecule has 0 bridgehead atoms. The molecule has 3 rings (SSSR count). The largest absolute Gasteiger partial charge is 0.371 e. The lowest BCUT2D eigenvalue weighted by Crippen LogP contribution is -2.37. The zero-order valence-corrected chi connectivity index (χ0v) is 14.7. The molecule has 2 atom stereocenters. The van der Waals surface area contributed by atoms with Gasteiger partial charge in [-0.15, -0.1) is 0 Å². The van der Waals surface area contributed by atoms with Crippen LogP contribution in [0.25, 0.3) is 0 Å². The zero-order chi connectivity index (χ0) is 17.3. The third kappa shape index (κ3) is 2.94. The maximum atomic E-state index is 12.7. The molecule has 24 heavy (non-hydrogen) atoms. The molecule has 0 radical (unpaired) electrons. The fraction of sp³-hybridized carbons (Fsp3) is 0.500. The van der Waals surface area contributed by atoms with Crippen LogP contribution in [0.15, 0.2) is 18.5 Å². The first-order valence-electron chi connectivity index (χ1n) is 8.38. The normalized spacial score (nSPS) is 20.3. The van der Waals surface area contributed by atoms with Gasteiger partial charge in [0.15, 0.2) is 0 Å². The van der Waals surface area contributed by atoms with E-state index in [1.807, 2.05) is 32.5 Å². The topological polar surface area (TPSA) is 69.0 Å². The molecule has 0 aliphatic carbocycles. The second kappa shape index (κ2) is 6.73. The molecular formula is C18H24N4O2. The maximum Gasteiger partial charge on any atom is 0.251 e. The highest BCUT2D eigenvalue weighted by atomic mass is 16.5. The van der Waals surface area contributed by atoms with Gasteiger partial charge in [-0.25, -0.2) is 0 Å². The van der Waals surface area contributed by atoms with Crippen LogP contribution in [0.5, 0.6) is 0 Å². The van der Waals surface area contributed by atoms with E-state index in [1.54, 1.807) is 18.5 Å². The lowest BCUT2D eigenvalue weighted by Gasteiger charge is -2.21. The number of rotatable bonds is 4. The molecule has 0 unspecified atom stereocenters. The molecule has 128 valence electrons. The Morgan fingerprint density at radius 1 is 1.46 bits per heavy atom. The predicted molar refractivity (Wildman–Crippen MR) is 90.9 cm³/mol. The average molecular weight is 328 g/mol. The molecule has 0 saturated carbocycles. The van der Waals surface area contributed by atoms with Crippen molar-refractivity contribution in [3.8, 4) is 0 Å². The maximum absolute atomic E-state index is 12.7. The molecule has 1 amide bonds. The summed E-state index contributed by atoms with van der Waals surface area (Å²) in [5, 5.41) is 7.62. The minimum absolute atomic E-state index is 0.0445. The van der Waals surface area contributed by atoms with Crippen LogP contribution in [-0.2, 0) is 18.2 Å². The first kappa shape index (κ1) is 16.6. The Bertz CT molecular complexity index is 753. The van der Waals surface area contributed by atoms with Crippen LogP contribution >= 0.6 is 0 Å². The highest BCUT2D eigenvalue weighted by Crippen LogP contribution is 2.33. The van der Waals surface area contributed by atoms with Gasteiger partial charge in [0.1, 0.15) is 6.10 Å². The average Bonchev–Trinajstić information content (AvgIpc) is 3.11. The predicted octanol–water partition coefficient (Wildman–Crippen LogP) is 2.25. The van der Waals surface area contributed by atoms with Gasteiger partial charge in [0, 0.05) is 42.9 Å². The van der Waals surface area contributed by atoms with Crippen molar-refractivity contribution in [3.05, 3.63) is 46.5 Å². The van der Waals surface area contributed by atoms with Crippen LogP contribution in [0.1, 0.15) is 52.3 Å². The molecule has 2 aromatic heterocycles. The number of carbonyl (C=O) groups is 1. The van der Waals surface area contributed by atoms with Crippen LogP contribution < -0.4 is 5.32 Å². The van der Waals surface area contributed by atoms with Crippen molar-refractivity contribution in [1.82, 2.24) is 20.1 Å². The molecule has 1 N–H and O–H groups in total. The number of nitrogens with one attached hydrogen (secondary N) is 1. The Morgan fingerprint density at radius 3 is 2.92 bits per heavy atom. The van der Waals surface area contributed by atoms with E-state index in [0.29, 0.717) is 12.2 Å². The van der Waals surface area contributed by atoms with Gasteiger partial charge in [0.2, 0.25) is 0 Å². The summed E-state index contributed by atoms with van der Waals surface area (Å²) in [6.07, 6.45) is 4.85. The van der Waals surface area contributed by atoms with E-state index in [2.05, 4.69) is 15.4 Å². The number of nitrogens with zero attached hydrogens (tertiary/aromatic N) is 3. The van der Waals surface area contributed by atoms with Crippen molar-refractivity contribution < 1.29 is 9.53 Å². The molecule has 0 aromatic carbocycles. The molecule has 6 heteroatoms. The van der Waals surface area contributed by atoms with Crippen molar-refractivity contribution in [2.24, 2.45) is 7.05 Å². The van der Waals surface area contributed by atoms with Gasteiger partial charge in [-0.05, 0) is 38.3 Å². The van der Waals surface area contributed by atoms with Crippen LogP contribution in [0, 0.1) is 13.8 Å². The number of ether oxygens (including phenoxy) is 1. The number of pyridine rings is 1. The third-order valence-electron chi connectivity index (χ3n) is 4.79. The van der Waals surface area contributed by atoms with Crippen molar-refractivity contribution >= 4 is 5.91 Å². The molecule has 3 heterocycles. The lowest BCUT2D eigenvalue weighted by atomic mass is 9.99. The summed E-state index contributed by atoms with van der Waals surface area (Å²) in [6.45, 7) is 6.69. The monoisotopic (exact) mass is 328 g/mol. The molecule has 6 nitrogen and oxygen atoms in total. The number of carbonyl (C=O) groups excluding carboxylic acids is 1. The van der Waals surface area contributed by atoms with E-state index in [4.69, 9.17) is 4.74 Å². The van der Waals surface area contributed by atoms with Gasteiger partial charge in [-0.1, -0.05) is 6.92 Å². The quantitative estimate of drug-likeness (QED) is 0.935. The van der Waals surface area contributed by atoms with Gasteiger partial charge >= 0.3 is 0 Å². The minimum Gasteiger partial charge on any atom is -0.371 e. The van der Waals surface area contributed by atoms with Gasteiger partial charge < -0.3 is 10.1 Å². The lowest BCUT2D eigenvalue weighted by molar-refractivity contribution is 0.0816. The second-order valence-corrected chi connectivity index (χ2v) is 6.25. The van der Waals surface area contributed by atoms with Gasteiger partial charge in [0.25, 0.3) is 5.91 Å². The molecule has 1 fully saturated rings. The fourth-order valence-corrected chi connectivity index (χ4v) is 3.40. The van der Waals surface area contributed by atoms with Gasteiger partial charge in [-0.3, -0.25) is 14.5 Å². The Morgan fingerprint density at radius 2 is 2.25 bits per heavy atom. The van der Waals surface area contributed by atoms with Crippen molar-refractivity contribution in [2.75, 3.05) is 6.61 Å². The van der Waals surface area contributed by atoms with E-state index >= 15 is 0 Å². The summed E-state index contributed by atoms with van der Waals surface area (Å²) in [5.41, 5.74) is 4.78. The second-order valence-electron chi connectivity index (χ2n) is 6.25. The Labute approximate surface area is 142 Å². The summed E-state index contributed by atoms with van der Waals surface area (Å²) >= 11 is 0. The van der Waals surface area contributed by atoms with E-state index in [0.717, 1.165) is 35.4 Å². The van der Waals surface area contributed by atoms with Crippen LogP contribution in [-0.4, -0.2) is 33.3 Å². The van der Waals surface area contributed by atoms with Crippen LogP contribution in [0.4, 0.5) is 0 Å². The molecule has 1 aliphatic heterocycles. The summed E-state index contributed by atoms with van der Waals surface area (Å²) < 4.78 is 7.80. The molecular weight excluding hydrogens is 304 g/mol. The first-order valence-corrected chi connectivity index (χ1v) is 8.38. The third-order valence-corrected chi connectivity index (χ3v) is 4.79. The summed E-state index contributed by atoms with van der Waals surface area (Å²) in [6, 6.07) is 1.73. The van der Waals surface area contributed by atoms with Gasteiger partial charge in [0.05, 0.1) is 11.7 Å². The highest BCUT2D eigenvalue weighted by Gasteiger charge is 2.34. The van der Waals surface area contributed by atoms with E-state index in [9.17, 15) is 4.79 Å². The standard InChI is InChI=1S/C18H24N4O2/c1-5-13-10-19-8-6-14(13)18(23)20-15-7-9-24-17(15)16-11(2)21-22(4)12(16)3/h6,8,10,15,17H,5,7,9H2,1-4H3,(H,20,23)/t15-,17-/m0/s1. The fourth-order valence-electron chi connectivity index (χ4n) is 3.40. The molecule has 0 spiro atoms. The minimum atomic E-state index is -0.144. The summed E-state index contributed by atoms with van der Waals surface area (Å²) in [5.74, 6) is -0.0612. The highest BCUT2D eigenvalue weighted by molar-refractivity contribution is 5.95. The number of aryl methyl sites for hydroxylation is 3. The molecule has 2 aromatic rings. The SMILES string of the molecule is CCc1cnccc1C(=O)N[C@H]1CCO[C@@H]1c1c(C)nn(C)c1C. The van der Waals surface area contributed by atoms with Crippen molar-refractivity contribution in [1.29, 1.82) is 0 Å². The number of amides is 1. The number of hydrogen-bond donors (Lipinski definition) is 1. The van der Waals surface area contributed by atoms with Gasteiger partial charge in [-0.2, -0.15) is 5.10 Å². The number of aromatic nitrogens is 3. The van der Waals surface area contributed by atoms with Crippen molar-refractivity contribution in [2.45, 2.75) is 45.8 Å². The van der Waals surface area contributed by atoms with E-state index < -0.39 is 0 Å². The Hall–Kier alpha value is -2.21. The van der Waals surface area contributed by atoms with Crippen LogP contribution in [0.3, 0.4) is 0 Å². The molecule has 1 aliphatic rings. The summed E-state index contributed by atoms with van der Waals surface area (Å²) in [7, 11) is 1.93. The zero-order valence-electron chi connectivity index (χ0n) is 14.7. The van der Waals surface area contributed by atoms with E-state index in [-0.39, 0.29) is 18.1 Å². The molecule has 1 saturated heterocycles.